The summed E-state index contributed by atoms with van der Waals surface area (Å²) in [6, 6.07) is 10.8. The molecule has 96 valence electrons. The highest BCUT2D eigenvalue weighted by atomic mass is 32.1. The third-order valence-electron chi connectivity index (χ3n) is 3.46. The van der Waals surface area contributed by atoms with Gasteiger partial charge in [0.05, 0.1) is 11.6 Å². The molecule has 0 aliphatic heterocycles. The number of fused-ring (bicyclic) bond motifs is 1. The third kappa shape index (κ3) is 2.27. The van der Waals surface area contributed by atoms with Gasteiger partial charge in [-0.2, -0.15) is 11.3 Å². The molecule has 0 bridgehead atoms. The number of hydrogen-bond acceptors (Lipinski definition) is 3. The molecule has 2 heterocycles. The van der Waals surface area contributed by atoms with Crippen LogP contribution in [0.25, 0.3) is 10.9 Å². The van der Waals surface area contributed by atoms with E-state index in [0.717, 1.165) is 5.52 Å². The van der Waals surface area contributed by atoms with Gasteiger partial charge in [0.1, 0.15) is 0 Å². The van der Waals surface area contributed by atoms with Gasteiger partial charge in [0.15, 0.2) is 0 Å². The maximum Gasteiger partial charge on any atom is 0.0702 e. The minimum absolute atomic E-state index is 0.246. The van der Waals surface area contributed by atoms with Gasteiger partial charge in [-0.25, -0.2) is 0 Å². The molecular formula is C16H16N2S. The highest BCUT2D eigenvalue weighted by molar-refractivity contribution is 7.08. The number of aryl methyl sites for hydroxylation is 1. The molecular weight excluding hydrogens is 252 g/mol. The number of rotatable bonds is 3. The summed E-state index contributed by atoms with van der Waals surface area (Å²) in [6.45, 7) is 2.17. The van der Waals surface area contributed by atoms with Crippen molar-refractivity contribution < 1.29 is 0 Å². The second-order valence-corrected chi connectivity index (χ2v) is 5.43. The van der Waals surface area contributed by atoms with E-state index in [-0.39, 0.29) is 6.04 Å². The van der Waals surface area contributed by atoms with Crippen molar-refractivity contribution in [3.8, 4) is 0 Å². The molecule has 3 rings (SSSR count). The highest BCUT2D eigenvalue weighted by Crippen LogP contribution is 2.28. The average molecular weight is 268 g/mol. The minimum Gasteiger partial charge on any atom is -0.309 e. The predicted octanol–water partition coefficient (Wildman–Crippen LogP) is 3.91. The fraction of sp³-hybridized carbons (Fsp3) is 0.188. The van der Waals surface area contributed by atoms with Gasteiger partial charge in [0, 0.05) is 11.6 Å². The number of benzene rings is 1. The monoisotopic (exact) mass is 268 g/mol. The third-order valence-corrected chi connectivity index (χ3v) is 4.33. The van der Waals surface area contributed by atoms with Crippen molar-refractivity contribution in [1.82, 2.24) is 10.3 Å². The Labute approximate surface area is 117 Å². The molecule has 3 heteroatoms. The first-order valence-corrected chi connectivity index (χ1v) is 7.28. The van der Waals surface area contributed by atoms with Crippen molar-refractivity contribution in [3.63, 3.8) is 0 Å². The number of thiophene rings is 1. The lowest BCUT2D eigenvalue weighted by Crippen LogP contribution is -2.17. The Balaban J connectivity index is 2.09. The van der Waals surface area contributed by atoms with Crippen LogP contribution in [0.1, 0.15) is 22.7 Å². The predicted molar refractivity (Wildman–Crippen MR) is 81.7 cm³/mol. The van der Waals surface area contributed by atoms with E-state index in [1.165, 1.54) is 22.1 Å². The number of aromatic nitrogens is 1. The van der Waals surface area contributed by atoms with E-state index >= 15 is 0 Å². The molecule has 0 saturated heterocycles. The van der Waals surface area contributed by atoms with Crippen LogP contribution >= 0.6 is 11.3 Å². The summed E-state index contributed by atoms with van der Waals surface area (Å²) in [4.78, 5) is 4.37. The zero-order chi connectivity index (χ0) is 13.2. The van der Waals surface area contributed by atoms with Crippen molar-refractivity contribution in [2.45, 2.75) is 13.0 Å². The zero-order valence-electron chi connectivity index (χ0n) is 11.1. The van der Waals surface area contributed by atoms with Crippen molar-refractivity contribution in [2.75, 3.05) is 7.05 Å². The van der Waals surface area contributed by atoms with Crippen LogP contribution in [0.4, 0.5) is 0 Å². The molecule has 0 aliphatic rings. The van der Waals surface area contributed by atoms with Crippen LogP contribution in [0.2, 0.25) is 0 Å². The van der Waals surface area contributed by atoms with Gasteiger partial charge in [-0.15, -0.1) is 0 Å². The van der Waals surface area contributed by atoms with Gasteiger partial charge in [-0.3, -0.25) is 4.98 Å². The van der Waals surface area contributed by atoms with E-state index in [1.807, 2.05) is 19.3 Å². The minimum atomic E-state index is 0.246. The molecule has 0 amide bonds. The fourth-order valence-corrected chi connectivity index (χ4v) is 3.32. The van der Waals surface area contributed by atoms with Crippen LogP contribution in [-0.2, 0) is 0 Å². The first-order chi connectivity index (χ1) is 9.29. The summed E-state index contributed by atoms with van der Waals surface area (Å²) < 4.78 is 0. The van der Waals surface area contributed by atoms with Crippen molar-refractivity contribution in [3.05, 3.63) is 64.0 Å². The lowest BCUT2D eigenvalue weighted by molar-refractivity contribution is 0.691. The lowest BCUT2D eigenvalue weighted by atomic mass is 9.97. The number of nitrogens with one attached hydrogen (secondary N) is 1. The number of pyridine rings is 1. The Hall–Kier alpha value is -1.71. The summed E-state index contributed by atoms with van der Waals surface area (Å²) in [6.07, 6.45) is 1.83. The Morgan fingerprint density at radius 2 is 2.11 bits per heavy atom. The molecule has 0 radical (unpaired) electrons. The summed E-state index contributed by atoms with van der Waals surface area (Å²) in [7, 11) is 2.01. The topological polar surface area (TPSA) is 24.9 Å². The molecule has 0 aliphatic carbocycles. The average Bonchev–Trinajstić information content (AvgIpc) is 2.86. The van der Waals surface area contributed by atoms with Gasteiger partial charge in [0.25, 0.3) is 0 Å². The molecule has 19 heavy (non-hydrogen) atoms. The van der Waals surface area contributed by atoms with Crippen molar-refractivity contribution in [1.29, 1.82) is 0 Å². The second-order valence-electron chi connectivity index (χ2n) is 4.69. The largest absolute Gasteiger partial charge is 0.309 e. The zero-order valence-corrected chi connectivity index (χ0v) is 11.9. The van der Waals surface area contributed by atoms with E-state index in [2.05, 4.69) is 52.3 Å². The maximum atomic E-state index is 4.37. The van der Waals surface area contributed by atoms with Crippen molar-refractivity contribution in [2.24, 2.45) is 0 Å². The Morgan fingerprint density at radius 3 is 2.84 bits per heavy atom. The van der Waals surface area contributed by atoms with Gasteiger partial charge < -0.3 is 5.32 Å². The molecule has 0 saturated carbocycles. The molecule has 1 unspecified atom stereocenters. The van der Waals surface area contributed by atoms with Gasteiger partial charge in [-0.1, -0.05) is 12.1 Å². The van der Waals surface area contributed by atoms with Crippen LogP contribution in [-0.4, -0.2) is 12.0 Å². The van der Waals surface area contributed by atoms with E-state index in [0.29, 0.717) is 0 Å². The normalized spacial score (nSPS) is 12.7. The quantitative estimate of drug-likeness (QED) is 0.779. The summed E-state index contributed by atoms with van der Waals surface area (Å²) in [5.41, 5.74) is 5.03. The van der Waals surface area contributed by atoms with Crippen LogP contribution in [0.5, 0.6) is 0 Å². The first-order valence-electron chi connectivity index (χ1n) is 6.34. The molecule has 2 aromatic heterocycles. The highest BCUT2D eigenvalue weighted by Gasteiger charge is 2.15. The van der Waals surface area contributed by atoms with Gasteiger partial charge in [-0.05, 0) is 59.6 Å². The van der Waals surface area contributed by atoms with Crippen LogP contribution < -0.4 is 5.32 Å². The first kappa shape index (κ1) is 12.3. The standard InChI is InChI=1S/C16H16N2S/c1-11-9-19-10-14(11)16(17-2)13-5-6-15-12(8-13)4-3-7-18-15/h3-10,16-17H,1-2H3. The van der Waals surface area contributed by atoms with Gasteiger partial charge >= 0.3 is 0 Å². The van der Waals surface area contributed by atoms with E-state index in [9.17, 15) is 0 Å². The van der Waals surface area contributed by atoms with Crippen LogP contribution in [0.15, 0.2) is 47.3 Å². The fourth-order valence-electron chi connectivity index (χ4n) is 2.44. The summed E-state index contributed by atoms with van der Waals surface area (Å²) >= 11 is 1.76. The van der Waals surface area contributed by atoms with Crippen LogP contribution in [0.3, 0.4) is 0 Å². The second kappa shape index (κ2) is 5.11. The SMILES string of the molecule is CNC(c1ccc2ncccc2c1)c1cscc1C. The molecule has 1 aromatic carbocycles. The number of nitrogens with zero attached hydrogens (tertiary/aromatic N) is 1. The van der Waals surface area contributed by atoms with E-state index < -0.39 is 0 Å². The number of hydrogen-bond donors (Lipinski definition) is 1. The Kier molecular flexibility index (Phi) is 3.32. The maximum absolute atomic E-state index is 4.37. The van der Waals surface area contributed by atoms with Gasteiger partial charge in [0.2, 0.25) is 0 Å². The van der Waals surface area contributed by atoms with E-state index in [4.69, 9.17) is 0 Å². The molecule has 1 N–H and O–H groups in total. The van der Waals surface area contributed by atoms with E-state index in [1.54, 1.807) is 11.3 Å². The Bertz CT molecular complexity index is 703. The molecule has 3 aromatic rings. The lowest BCUT2D eigenvalue weighted by Gasteiger charge is -2.17. The van der Waals surface area contributed by atoms with Crippen LogP contribution in [0, 0.1) is 6.92 Å². The summed E-state index contributed by atoms with van der Waals surface area (Å²) in [5, 5.41) is 9.02. The smallest absolute Gasteiger partial charge is 0.0702 e. The molecule has 1 atom stereocenters. The summed E-state index contributed by atoms with van der Waals surface area (Å²) in [5.74, 6) is 0. The Morgan fingerprint density at radius 1 is 1.21 bits per heavy atom. The van der Waals surface area contributed by atoms with Crippen molar-refractivity contribution >= 4 is 22.2 Å². The molecule has 0 spiro atoms. The molecule has 2 nitrogen and oxygen atoms in total. The molecule has 0 fully saturated rings.